The lowest BCUT2D eigenvalue weighted by Gasteiger charge is -2.53. The van der Waals surface area contributed by atoms with Crippen molar-refractivity contribution >= 4 is 111 Å². The van der Waals surface area contributed by atoms with Gasteiger partial charge in [0.2, 0.25) is 10.0 Å². The number of alkyl halides is 2. The molecule has 0 radical (unpaired) electrons. The summed E-state index contributed by atoms with van der Waals surface area (Å²) in [6.07, 6.45) is 22.8. The number of hydrogen-bond acceptors (Lipinski definition) is 19. The zero-order chi connectivity index (χ0) is 99.8. The first-order valence-electron chi connectivity index (χ1n) is 51.2. The van der Waals surface area contributed by atoms with Crippen LogP contribution in [0.15, 0.2) is 121 Å². The van der Waals surface area contributed by atoms with Crippen molar-refractivity contribution < 1.29 is 78.6 Å². The molecule has 0 aromatic heterocycles. The summed E-state index contributed by atoms with van der Waals surface area (Å²) in [6, 6.07) is 35.0. The molecule has 4 fully saturated rings. The van der Waals surface area contributed by atoms with E-state index in [2.05, 4.69) is 103 Å². The molecule has 3 amide bonds. The number of methoxy groups -OCH3 is 2. The maximum absolute atomic E-state index is 13.9. The number of halogens is 5. The van der Waals surface area contributed by atoms with Gasteiger partial charge in [-0.3, -0.25) is 28.7 Å². The number of aliphatic hydroxyl groups excluding tert-OH is 2. The number of allylic oxidation sites excluding steroid dienone is 1. The molecule has 2 unspecified atom stereocenters. The molecule has 1 saturated heterocycles. The lowest BCUT2D eigenvalue weighted by Crippen LogP contribution is -2.58. The number of aryl methyl sites for hydroxylation is 3. The number of aliphatic hydroxyl groups is 2. The summed E-state index contributed by atoms with van der Waals surface area (Å²) in [5.74, 6) is 7.33. The Hall–Kier alpha value is -7.25. The number of fused-ring (bicyclic) bond motifs is 12. The number of carbonyl (C=O) groups excluding carboxylic acids is 3. The highest BCUT2D eigenvalue weighted by Crippen LogP contribution is 2.56. The maximum atomic E-state index is 13.9. The lowest BCUT2D eigenvalue weighted by atomic mass is 9.61. The van der Waals surface area contributed by atoms with Gasteiger partial charge in [-0.1, -0.05) is 98.8 Å². The van der Waals surface area contributed by atoms with Crippen molar-refractivity contribution in [3.8, 4) is 17.2 Å². The van der Waals surface area contributed by atoms with Gasteiger partial charge < -0.3 is 53.3 Å². The molecule has 3 spiro atoms. The highest BCUT2D eigenvalue weighted by molar-refractivity contribution is 7.99. The van der Waals surface area contributed by atoms with E-state index >= 15 is 0 Å². The number of rotatable bonds is 8. The summed E-state index contributed by atoms with van der Waals surface area (Å²) in [5.41, 5.74) is 8.45. The molecule has 6 aromatic carbocycles. The molecule has 140 heavy (non-hydrogen) atoms. The fourth-order valence-corrected chi connectivity index (χ4v) is 31.1. The number of likely N-dealkylation sites (tertiary alicyclic amines) is 1. The van der Waals surface area contributed by atoms with E-state index in [1.54, 1.807) is 56.4 Å². The van der Waals surface area contributed by atoms with Gasteiger partial charge >= 0.3 is 0 Å². The van der Waals surface area contributed by atoms with Gasteiger partial charge in [-0.2, -0.15) is 0 Å². The predicted octanol–water partition coefficient (Wildman–Crippen LogP) is 19.0. The molecule has 6 bridgehead atoms. The van der Waals surface area contributed by atoms with Gasteiger partial charge in [0.05, 0.1) is 110 Å². The smallest absolute Gasteiger partial charge is 0.272 e. The van der Waals surface area contributed by atoms with Crippen LogP contribution in [0.2, 0.25) is 15.1 Å². The molecular formula is C110H146Cl3F2N7O15S3. The third-order valence-corrected chi connectivity index (χ3v) is 42.7. The second-order valence-corrected chi connectivity index (χ2v) is 52.4. The number of ether oxygens (including phenoxy) is 6. The van der Waals surface area contributed by atoms with Crippen molar-refractivity contribution in [1.29, 1.82) is 0 Å². The maximum Gasteiger partial charge on any atom is 0.272 e. The summed E-state index contributed by atoms with van der Waals surface area (Å²) in [7, 11) is -6.41. The Morgan fingerprint density at radius 3 is 1.19 bits per heavy atom. The number of carbonyl (C=O) groups is 3. The number of nitrogens with zero attached hydrogens (tertiary/aromatic N) is 4. The summed E-state index contributed by atoms with van der Waals surface area (Å²) in [5, 5.41) is 23.2. The molecule has 19 rings (SSSR count). The first-order chi connectivity index (χ1) is 66.4. The Labute approximate surface area is 844 Å². The molecule has 22 atom stereocenters. The lowest BCUT2D eigenvalue weighted by molar-refractivity contribution is -0.172. The SMILES string of the molecule is C=S1(=O)NC(=O)c2ccc3c(c2)N(C[C@@H]2CC[C@H]2[C@@](C)(OCCN2CC(F)(F)C2)/C=C/C[C@H](C)[C@H]1C)C[C@@]1(CCCc2cc(Cl)ccc21)CO3.C=S1(=O)NC(=O)c2ccc3c(c2)N(C[C@@H]2CC[C@H]2[C@](OC)([C@H](C)O)CCC[C@H](C)[C@H]1C)C[C@@]1(CCCc2cc(Cl)ccc21)CO3.CO[C@@]1([C@@H](C)O)CCC[C@H](C)[C@@H](C)S(=O)(=O)NC(=O)c2ccc3c(c2)N(C[C@@H]2CC[C@H]21)C[C@@]1(CCCc2cc(Cl)ccc21)CO3. The van der Waals surface area contributed by atoms with E-state index in [-0.39, 0.29) is 98.6 Å². The van der Waals surface area contributed by atoms with Gasteiger partial charge in [0.1, 0.15) is 17.2 Å². The first-order valence-corrected chi connectivity index (χ1v) is 57.4. The molecule has 6 aliphatic carbocycles. The van der Waals surface area contributed by atoms with E-state index in [1.807, 2.05) is 84.0 Å². The number of benzene rings is 6. The van der Waals surface area contributed by atoms with Crippen LogP contribution in [0, 0.1) is 53.3 Å². The van der Waals surface area contributed by atoms with Gasteiger partial charge in [0, 0.05) is 119 Å². The van der Waals surface area contributed by atoms with Gasteiger partial charge in [0.15, 0.2) is 0 Å². The van der Waals surface area contributed by atoms with Crippen molar-refractivity contribution in [1.82, 2.24) is 19.1 Å². The Balaban J connectivity index is 0.000000145. The van der Waals surface area contributed by atoms with Crippen LogP contribution in [0.4, 0.5) is 25.8 Å². The largest absolute Gasteiger partial charge is 0.490 e. The van der Waals surface area contributed by atoms with Crippen LogP contribution in [0.3, 0.4) is 0 Å². The van der Waals surface area contributed by atoms with E-state index in [1.165, 1.54) is 33.4 Å². The monoisotopic (exact) mass is 2040 g/mol. The van der Waals surface area contributed by atoms with Gasteiger partial charge in [-0.15, -0.1) is 0 Å². The van der Waals surface area contributed by atoms with E-state index in [0.717, 1.165) is 172 Å². The molecule has 3 saturated carbocycles. The number of amides is 3. The molecule has 6 aromatic rings. The number of hydrogen-bond donors (Lipinski definition) is 5. The summed E-state index contributed by atoms with van der Waals surface area (Å²) >= 11 is 19.3. The summed E-state index contributed by atoms with van der Waals surface area (Å²) in [6.45, 7) is 23.5. The summed E-state index contributed by atoms with van der Waals surface area (Å²) < 4.78 is 129. The second kappa shape index (κ2) is 41.2. The quantitative estimate of drug-likeness (QED) is 0.0700. The number of nitrogens with one attached hydrogen (secondary N) is 3. The molecular weight excluding hydrogens is 1900 g/mol. The minimum Gasteiger partial charge on any atom is -0.490 e. The summed E-state index contributed by atoms with van der Waals surface area (Å²) in [4.78, 5) is 49.7. The van der Waals surface area contributed by atoms with Crippen LogP contribution in [0.5, 0.6) is 17.2 Å². The molecule has 30 heteroatoms. The van der Waals surface area contributed by atoms with E-state index in [0.29, 0.717) is 108 Å². The van der Waals surface area contributed by atoms with E-state index < -0.39 is 81.4 Å². The van der Waals surface area contributed by atoms with Crippen molar-refractivity contribution in [2.75, 3.05) is 114 Å². The van der Waals surface area contributed by atoms with Crippen molar-refractivity contribution in [2.45, 2.75) is 271 Å². The molecule has 13 aliphatic rings. The molecule has 7 heterocycles. The van der Waals surface area contributed by atoms with E-state index in [9.17, 15) is 50.2 Å². The Morgan fingerprint density at radius 1 is 0.471 bits per heavy atom. The standard InChI is InChI=1S/C39H50ClF2N3O4S.C36H49ClN2O5S.C35H47ClN2O6S/c1-26-7-5-15-37(3,49-18-17-44-23-39(41,42)24-44)32-12-9-30(32)21-45-22-38(16-6-8-28-19-31(40)11-13-33(28)38)25-48-35-14-10-29(20-34(35)45)36(46)43-50(4,47)27(26)2;1-23-8-6-17-36(43-4,25(3)40)31-13-10-28(31)20-39-21-35(16-7-9-26-18-29(37)12-14-30(26)35)22-44-33-15-11-27(19-32(33)39)34(41)38-45(5,42)24(23)2;1-22-7-5-16-35(43-4,24(3)39)30-12-9-27(30)19-38-20-34(15-6-8-25-17-28(36)11-13-29(25)34)21-44-32-14-10-26(18-31(32)38)33(40)37-45(41,42)23(22)2/h5,10-11,13-15,19-20,26-27,30,32H,4,6-9,12,16-18,21-25H2,1-3H3,(H,43,46,47);11-12,14-15,18-19,23-25,28,31,40H,5-10,13,16-17,20-22H2,1-4H3,(H,38,41,42);10-11,13-14,17-18,22-24,27,30,39H,5-9,12,15-16,19-21H2,1-4H3,(H,37,40)/b15-5+;;/t26-,27+,30-,32+,37-,38-,50?;23-,24+,25-,28-,31+,35-,36+,45?;22-,23+,24+,27-,30+,34-,35+/m000/s1. The normalized spacial score (nSPS) is 35.4. The average molecular weight is 2050 g/mol. The van der Waals surface area contributed by atoms with Crippen LogP contribution in [0.25, 0.3) is 0 Å². The Morgan fingerprint density at radius 2 is 0.836 bits per heavy atom. The fraction of sp³-hybridized carbons (Fsp3) is 0.609. The molecule has 5 N–H and O–H groups in total. The third-order valence-electron chi connectivity index (χ3n) is 35.7. The molecule has 7 aliphatic heterocycles. The number of sulfonamides is 1. The van der Waals surface area contributed by atoms with Gasteiger partial charge in [-0.25, -0.2) is 30.3 Å². The highest BCUT2D eigenvalue weighted by atomic mass is 35.5. The van der Waals surface area contributed by atoms with Crippen LogP contribution in [-0.4, -0.2) is 212 Å². The Kier molecular flexibility index (Phi) is 30.7. The molecule has 22 nitrogen and oxygen atoms in total. The van der Waals surface area contributed by atoms with Crippen molar-refractivity contribution in [3.63, 3.8) is 0 Å². The van der Waals surface area contributed by atoms with Gasteiger partial charge in [-0.05, 0) is 359 Å². The highest BCUT2D eigenvalue weighted by Gasteiger charge is 2.57. The number of anilines is 3. The Bertz CT molecular complexity index is 5760. The predicted molar refractivity (Wildman–Crippen MR) is 557 cm³/mol. The second-order valence-electron chi connectivity index (χ2n) is 44.2. The molecule has 764 valence electrons. The zero-order valence-corrected chi connectivity index (χ0v) is 88.1. The van der Waals surface area contributed by atoms with Crippen molar-refractivity contribution in [3.05, 3.63) is 186 Å². The van der Waals surface area contributed by atoms with Crippen LogP contribution in [0.1, 0.15) is 249 Å². The minimum absolute atomic E-state index is 0.0328. The van der Waals surface area contributed by atoms with Crippen LogP contribution < -0.4 is 43.1 Å². The first kappa shape index (κ1) is 104. The van der Waals surface area contributed by atoms with Crippen molar-refractivity contribution in [2.24, 2.45) is 53.3 Å². The average Bonchev–Trinajstić information content (AvgIpc) is 1.53. The zero-order valence-electron chi connectivity index (χ0n) is 83.4. The van der Waals surface area contributed by atoms with E-state index in [4.69, 9.17) is 63.2 Å². The van der Waals surface area contributed by atoms with Crippen LogP contribution >= 0.6 is 34.8 Å². The van der Waals surface area contributed by atoms with Crippen LogP contribution in [-0.2, 0) is 79.2 Å². The van der Waals surface area contributed by atoms with Gasteiger partial charge in [0.25, 0.3) is 23.6 Å². The third kappa shape index (κ3) is 20.9. The topological polar surface area (TPSA) is 264 Å². The minimum atomic E-state index is -3.93. The fourth-order valence-electron chi connectivity index (χ4n) is 26.2.